The summed E-state index contributed by atoms with van der Waals surface area (Å²) in [5.74, 6) is 0. The van der Waals surface area contributed by atoms with Crippen molar-refractivity contribution in [3.63, 3.8) is 0 Å². The second-order valence-corrected chi connectivity index (χ2v) is 4.26. The van der Waals surface area contributed by atoms with Crippen LogP contribution >= 0.6 is 11.8 Å². The molecule has 1 aromatic carbocycles. The van der Waals surface area contributed by atoms with Gasteiger partial charge in [0.15, 0.2) is 0 Å². The van der Waals surface area contributed by atoms with Gasteiger partial charge in [0.1, 0.15) is 0 Å². The Morgan fingerprint density at radius 3 is 2.33 bits per heavy atom. The zero-order valence-corrected chi connectivity index (χ0v) is 9.45. The van der Waals surface area contributed by atoms with Crippen molar-refractivity contribution in [2.75, 3.05) is 6.26 Å². The van der Waals surface area contributed by atoms with Gasteiger partial charge in [-0.25, -0.2) is 0 Å². The van der Waals surface area contributed by atoms with Gasteiger partial charge >= 0.3 is 0 Å². The van der Waals surface area contributed by atoms with E-state index in [1.54, 1.807) is 0 Å². The minimum Gasteiger partial charge on any atom is -0.264 e. The molecule has 0 saturated carbocycles. The Morgan fingerprint density at radius 1 is 1.00 bits per heavy atom. The summed E-state index contributed by atoms with van der Waals surface area (Å²) in [6.07, 6.45) is 5.88. The van der Waals surface area contributed by atoms with E-state index in [4.69, 9.17) is 0 Å². The van der Waals surface area contributed by atoms with Gasteiger partial charge in [0, 0.05) is 12.4 Å². The highest BCUT2D eigenvalue weighted by atomic mass is 32.2. The lowest BCUT2D eigenvalue weighted by Gasteiger charge is -2.14. The van der Waals surface area contributed by atoms with E-state index in [0.29, 0.717) is 5.25 Å². The van der Waals surface area contributed by atoms with E-state index in [2.05, 4.69) is 41.6 Å². The van der Waals surface area contributed by atoms with Crippen molar-refractivity contribution in [3.8, 4) is 0 Å². The maximum Gasteiger partial charge on any atom is 0.0559 e. The topological polar surface area (TPSA) is 12.9 Å². The maximum absolute atomic E-state index is 4.17. The Hall–Kier alpha value is -1.28. The fraction of sp³-hybridized carbons (Fsp3) is 0.154. The molecule has 0 fully saturated rings. The van der Waals surface area contributed by atoms with Crippen LogP contribution < -0.4 is 0 Å². The summed E-state index contributed by atoms with van der Waals surface area (Å²) >= 11 is 1.84. The zero-order valence-electron chi connectivity index (χ0n) is 8.63. The summed E-state index contributed by atoms with van der Waals surface area (Å²) in [4.78, 5) is 4.17. The van der Waals surface area contributed by atoms with Crippen LogP contribution in [0.5, 0.6) is 0 Å². The molecule has 0 radical (unpaired) electrons. The van der Waals surface area contributed by atoms with Crippen LogP contribution in [0.4, 0.5) is 0 Å². The van der Waals surface area contributed by atoms with Crippen molar-refractivity contribution in [2.45, 2.75) is 5.25 Å². The average molecular weight is 215 g/mol. The fourth-order valence-corrected chi connectivity index (χ4v) is 2.46. The summed E-state index contributed by atoms with van der Waals surface area (Å²) in [5.41, 5.74) is 2.59. The van der Waals surface area contributed by atoms with Crippen molar-refractivity contribution in [1.82, 2.24) is 4.98 Å². The highest BCUT2D eigenvalue weighted by Crippen LogP contribution is 2.32. The monoisotopic (exact) mass is 215 g/mol. The Morgan fingerprint density at radius 2 is 1.73 bits per heavy atom. The van der Waals surface area contributed by atoms with Crippen LogP contribution in [-0.2, 0) is 0 Å². The first-order valence-corrected chi connectivity index (χ1v) is 6.18. The Bertz CT molecular complexity index is 360. The number of benzene rings is 1. The van der Waals surface area contributed by atoms with E-state index in [0.717, 1.165) is 0 Å². The molecule has 0 spiro atoms. The molecule has 1 nitrogen and oxygen atoms in total. The van der Waals surface area contributed by atoms with Gasteiger partial charge in [0.25, 0.3) is 0 Å². The van der Waals surface area contributed by atoms with Crippen molar-refractivity contribution in [1.29, 1.82) is 0 Å². The van der Waals surface area contributed by atoms with Gasteiger partial charge in [0.05, 0.1) is 5.25 Å². The number of thioether (sulfide) groups is 1. The van der Waals surface area contributed by atoms with Crippen molar-refractivity contribution in [2.24, 2.45) is 0 Å². The highest BCUT2D eigenvalue weighted by molar-refractivity contribution is 7.99. The van der Waals surface area contributed by atoms with Gasteiger partial charge in [-0.15, -0.1) is 0 Å². The van der Waals surface area contributed by atoms with E-state index in [-0.39, 0.29) is 0 Å². The number of hydrogen-bond donors (Lipinski definition) is 0. The summed E-state index contributed by atoms with van der Waals surface area (Å²) in [6.45, 7) is 0. The molecule has 0 aliphatic carbocycles. The van der Waals surface area contributed by atoms with Crippen molar-refractivity contribution >= 4 is 11.8 Å². The molecule has 1 atom stereocenters. The SMILES string of the molecule is CSC(c1ccccc1)c1cccnc1. The summed E-state index contributed by atoms with van der Waals surface area (Å²) in [7, 11) is 0. The van der Waals surface area contributed by atoms with Crippen LogP contribution in [0.3, 0.4) is 0 Å². The fourth-order valence-electron chi connectivity index (χ4n) is 1.62. The molecule has 2 heteroatoms. The number of hydrogen-bond acceptors (Lipinski definition) is 2. The van der Waals surface area contributed by atoms with Crippen LogP contribution in [0.15, 0.2) is 54.9 Å². The Balaban J connectivity index is 2.34. The lowest BCUT2D eigenvalue weighted by Crippen LogP contribution is -1.95. The first-order chi connectivity index (χ1) is 7.42. The molecule has 2 rings (SSSR count). The first-order valence-electron chi connectivity index (χ1n) is 4.89. The third-order valence-electron chi connectivity index (χ3n) is 2.33. The molecule has 2 aromatic rings. The molecule has 0 aliphatic rings. The standard InChI is InChI=1S/C13H13NS/c1-15-13(11-6-3-2-4-7-11)12-8-5-9-14-10-12/h2-10,13H,1H3. The van der Waals surface area contributed by atoms with E-state index in [1.165, 1.54) is 11.1 Å². The van der Waals surface area contributed by atoms with Gasteiger partial charge in [-0.1, -0.05) is 36.4 Å². The Kier molecular flexibility index (Phi) is 3.41. The number of aromatic nitrogens is 1. The zero-order chi connectivity index (χ0) is 10.5. The van der Waals surface area contributed by atoms with Crippen molar-refractivity contribution < 1.29 is 0 Å². The molecule has 0 N–H and O–H groups in total. The van der Waals surface area contributed by atoms with Crippen LogP contribution in [0.25, 0.3) is 0 Å². The predicted molar refractivity (Wildman–Crippen MR) is 66.0 cm³/mol. The Labute approximate surface area is 94.6 Å². The van der Waals surface area contributed by atoms with E-state index < -0.39 is 0 Å². The molecule has 1 heterocycles. The molecule has 0 amide bonds. The quantitative estimate of drug-likeness (QED) is 0.776. The molecule has 0 aliphatic heterocycles. The number of rotatable bonds is 3. The van der Waals surface area contributed by atoms with Crippen molar-refractivity contribution in [3.05, 3.63) is 66.0 Å². The molecule has 15 heavy (non-hydrogen) atoms. The third-order valence-corrected chi connectivity index (χ3v) is 3.34. The molecule has 1 unspecified atom stereocenters. The molecule has 1 aromatic heterocycles. The minimum absolute atomic E-state index is 0.389. The lowest BCUT2D eigenvalue weighted by atomic mass is 10.1. The van der Waals surface area contributed by atoms with Gasteiger partial charge in [-0.05, 0) is 23.4 Å². The lowest BCUT2D eigenvalue weighted by molar-refractivity contribution is 1.12. The maximum atomic E-state index is 4.17. The van der Waals surface area contributed by atoms with Gasteiger partial charge in [-0.2, -0.15) is 11.8 Å². The van der Waals surface area contributed by atoms with E-state index in [1.807, 2.05) is 36.3 Å². The van der Waals surface area contributed by atoms with Gasteiger partial charge < -0.3 is 0 Å². The molecule has 76 valence electrons. The summed E-state index contributed by atoms with van der Waals surface area (Å²) < 4.78 is 0. The predicted octanol–water partition coefficient (Wildman–Crippen LogP) is 3.53. The van der Waals surface area contributed by atoms with E-state index >= 15 is 0 Å². The largest absolute Gasteiger partial charge is 0.264 e. The average Bonchev–Trinajstić information content (AvgIpc) is 2.33. The molecular weight excluding hydrogens is 202 g/mol. The second kappa shape index (κ2) is 4.99. The highest BCUT2D eigenvalue weighted by Gasteiger charge is 2.11. The van der Waals surface area contributed by atoms with Crippen LogP contribution in [0.1, 0.15) is 16.4 Å². The molecule has 0 saturated heterocycles. The van der Waals surface area contributed by atoms with E-state index in [9.17, 15) is 0 Å². The minimum atomic E-state index is 0.389. The normalized spacial score (nSPS) is 12.3. The van der Waals surface area contributed by atoms with Crippen LogP contribution in [-0.4, -0.2) is 11.2 Å². The first kappa shape index (κ1) is 10.2. The number of nitrogens with zero attached hydrogens (tertiary/aromatic N) is 1. The number of pyridine rings is 1. The van der Waals surface area contributed by atoms with Gasteiger partial charge in [-0.3, -0.25) is 4.98 Å². The van der Waals surface area contributed by atoms with Crippen LogP contribution in [0, 0.1) is 0 Å². The van der Waals surface area contributed by atoms with Crippen LogP contribution in [0.2, 0.25) is 0 Å². The third kappa shape index (κ3) is 2.39. The summed E-state index contributed by atoms with van der Waals surface area (Å²) in [5, 5.41) is 0.389. The smallest absolute Gasteiger partial charge is 0.0559 e. The summed E-state index contributed by atoms with van der Waals surface area (Å²) in [6, 6.07) is 14.6. The van der Waals surface area contributed by atoms with Gasteiger partial charge in [0.2, 0.25) is 0 Å². The molecular formula is C13H13NS. The molecule has 0 bridgehead atoms. The second-order valence-electron chi connectivity index (χ2n) is 3.31.